The first-order chi connectivity index (χ1) is 13.0. The lowest BCUT2D eigenvalue weighted by molar-refractivity contribution is -0.120. The van der Waals surface area contributed by atoms with Gasteiger partial charge in [0.2, 0.25) is 5.91 Å². The molecule has 144 valence electrons. The smallest absolute Gasteiger partial charge is 0.224 e. The summed E-state index contributed by atoms with van der Waals surface area (Å²) in [7, 11) is 2.14. The van der Waals surface area contributed by atoms with Crippen LogP contribution in [-0.4, -0.2) is 55.5 Å². The molecule has 1 aliphatic heterocycles. The number of halogens is 2. The van der Waals surface area contributed by atoms with Gasteiger partial charge < -0.3 is 10.2 Å². The van der Waals surface area contributed by atoms with Gasteiger partial charge in [0.15, 0.2) is 0 Å². The summed E-state index contributed by atoms with van der Waals surface area (Å²) in [5.74, 6) is 0.0189. The van der Waals surface area contributed by atoms with E-state index >= 15 is 0 Å². The van der Waals surface area contributed by atoms with Crippen LogP contribution in [0.3, 0.4) is 0 Å². The van der Waals surface area contributed by atoms with Crippen LogP contribution in [0, 0.1) is 0 Å². The number of nitrogens with one attached hydrogen (secondary N) is 1. The van der Waals surface area contributed by atoms with E-state index in [1.807, 2.05) is 36.4 Å². The highest BCUT2D eigenvalue weighted by atomic mass is 35.5. The molecule has 6 heteroatoms. The van der Waals surface area contributed by atoms with Gasteiger partial charge in [0.1, 0.15) is 0 Å². The number of carbonyl (C=O) groups excluding carboxylic acids is 1. The van der Waals surface area contributed by atoms with Gasteiger partial charge in [-0.15, -0.1) is 0 Å². The minimum Gasteiger partial charge on any atom is -0.354 e. The van der Waals surface area contributed by atoms with E-state index < -0.39 is 0 Å². The summed E-state index contributed by atoms with van der Waals surface area (Å²) in [6, 6.07) is 15.5. The highest BCUT2D eigenvalue weighted by molar-refractivity contribution is 6.30. The van der Waals surface area contributed by atoms with E-state index in [1.54, 1.807) is 0 Å². The highest BCUT2D eigenvalue weighted by Gasteiger charge is 2.24. The standard InChI is InChI=1S/C21H25Cl2N3O/c1-25-10-12-26(13-11-25)20(17-4-8-19(23)9-5-17)15-24-21(27)14-16-2-6-18(22)7-3-16/h2-9,20H,10-15H2,1H3,(H,24,27)/t20-/m0/s1. The van der Waals surface area contributed by atoms with Crippen LogP contribution in [0.25, 0.3) is 0 Å². The van der Waals surface area contributed by atoms with E-state index in [4.69, 9.17) is 23.2 Å². The molecule has 1 saturated heterocycles. The lowest BCUT2D eigenvalue weighted by Gasteiger charge is -2.38. The fraction of sp³-hybridized carbons (Fsp3) is 0.381. The SMILES string of the molecule is CN1CCN([C@@H](CNC(=O)Cc2ccc(Cl)cc2)c2ccc(Cl)cc2)CC1. The molecule has 1 N–H and O–H groups in total. The maximum absolute atomic E-state index is 12.4. The van der Waals surface area contributed by atoms with E-state index in [-0.39, 0.29) is 11.9 Å². The Labute approximate surface area is 171 Å². The summed E-state index contributed by atoms with van der Waals surface area (Å²) < 4.78 is 0. The quantitative estimate of drug-likeness (QED) is 0.796. The van der Waals surface area contributed by atoms with Gasteiger partial charge in [-0.25, -0.2) is 0 Å². The van der Waals surface area contributed by atoms with E-state index in [9.17, 15) is 4.79 Å². The predicted molar refractivity (Wildman–Crippen MR) is 111 cm³/mol. The van der Waals surface area contributed by atoms with E-state index in [1.165, 1.54) is 5.56 Å². The van der Waals surface area contributed by atoms with Crippen molar-refractivity contribution in [2.75, 3.05) is 39.8 Å². The summed E-state index contributed by atoms with van der Waals surface area (Å²) in [6.07, 6.45) is 0.354. The second-order valence-corrected chi connectivity index (χ2v) is 7.89. The number of hydrogen-bond acceptors (Lipinski definition) is 3. The van der Waals surface area contributed by atoms with Crippen LogP contribution in [0.5, 0.6) is 0 Å². The Kier molecular flexibility index (Phi) is 7.13. The van der Waals surface area contributed by atoms with Crippen molar-refractivity contribution >= 4 is 29.1 Å². The summed E-state index contributed by atoms with van der Waals surface area (Å²) in [4.78, 5) is 17.2. The van der Waals surface area contributed by atoms with Gasteiger partial charge in [-0.1, -0.05) is 47.5 Å². The zero-order valence-electron chi connectivity index (χ0n) is 15.5. The molecule has 1 fully saturated rings. The van der Waals surface area contributed by atoms with Crippen LogP contribution in [0.2, 0.25) is 10.0 Å². The van der Waals surface area contributed by atoms with Gasteiger partial charge in [0.05, 0.1) is 12.5 Å². The highest BCUT2D eigenvalue weighted by Crippen LogP contribution is 2.23. The maximum atomic E-state index is 12.4. The minimum absolute atomic E-state index is 0.0189. The molecule has 0 saturated carbocycles. The Bertz CT molecular complexity index is 741. The fourth-order valence-electron chi connectivity index (χ4n) is 3.34. The van der Waals surface area contributed by atoms with Crippen LogP contribution in [0.15, 0.2) is 48.5 Å². The number of benzene rings is 2. The molecule has 4 nitrogen and oxygen atoms in total. The molecule has 0 spiro atoms. The van der Waals surface area contributed by atoms with Crippen molar-refractivity contribution in [3.05, 3.63) is 69.7 Å². The summed E-state index contributed by atoms with van der Waals surface area (Å²) in [5, 5.41) is 4.51. The predicted octanol–water partition coefficient (Wildman–Crippen LogP) is 3.64. The van der Waals surface area contributed by atoms with E-state index in [2.05, 4.69) is 34.3 Å². The number of rotatable bonds is 6. The molecule has 3 rings (SSSR count). The van der Waals surface area contributed by atoms with Crippen LogP contribution in [0.1, 0.15) is 17.2 Å². The van der Waals surface area contributed by atoms with Gasteiger partial charge >= 0.3 is 0 Å². The lowest BCUT2D eigenvalue weighted by Crippen LogP contribution is -2.48. The average molecular weight is 406 g/mol. The first-order valence-corrected chi connectivity index (χ1v) is 9.96. The van der Waals surface area contributed by atoms with Crippen molar-refractivity contribution in [1.29, 1.82) is 0 Å². The van der Waals surface area contributed by atoms with Crippen molar-refractivity contribution < 1.29 is 4.79 Å². The van der Waals surface area contributed by atoms with Crippen LogP contribution in [0.4, 0.5) is 0 Å². The van der Waals surface area contributed by atoms with Crippen molar-refractivity contribution in [2.24, 2.45) is 0 Å². The minimum atomic E-state index is 0.0189. The zero-order valence-corrected chi connectivity index (χ0v) is 17.0. The van der Waals surface area contributed by atoms with Crippen LogP contribution < -0.4 is 5.32 Å². The fourth-order valence-corrected chi connectivity index (χ4v) is 3.59. The Balaban J connectivity index is 1.64. The summed E-state index contributed by atoms with van der Waals surface area (Å²) in [6.45, 7) is 4.61. The topological polar surface area (TPSA) is 35.6 Å². The molecule has 1 aliphatic rings. The van der Waals surface area contributed by atoms with Gasteiger partial charge in [0, 0.05) is 42.8 Å². The van der Waals surface area contributed by atoms with E-state index in [0.717, 1.165) is 36.8 Å². The van der Waals surface area contributed by atoms with E-state index in [0.29, 0.717) is 18.0 Å². The molecule has 0 radical (unpaired) electrons. The van der Waals surface area contributed by atoms with Crippen LogP contribution >= 0.6 is 23.2 Å². The second-order valence-electron chi connectivity index (χ2n) is 7.01. The molecule has 2 aromatic rings. The molecule has 2 aromatic carbocycles. The number of nitrogens with zero attached hydrogens (tertiary/aromatic N) is 2. The molecular weight excluding hydrogens is 381 g/mol. The van der Waals surface area contributed by atoms with Crippen molar-refractivity contribution in [2.45, 2.75) is 12.5 Å². The van der Waals surface area contributed by atoms with Gasteiger partial charge in [-0.2, -0.15) is 0 Å². The molecule has 0 aliphatic carbocycles. The number of likely N-dealkylation sites (N-methyl/N-ethyl adjacent to an activating group) is 1. The first-order valence-electron chi connectivity index (χ1n) is 9.20. The average Bonchev–Trinajstić information content (AvgIpc) is 2.66. The molecule has 27 heavy (non-hydrogen) atoms. The number of hydrogen-bond donors (Lipinski definition) is 1. The Morgan fingerprint density at radius 3 is 2.11 bits per heavy atom. The van der Waals surface area contributed by atoms with Gasteiger partial charge in [0.25, 0.3) is 0 Å². The Hall–Kier alpha value is -1.59. The largest absolute Gasteiger partial charge is 0.354 e. The number of carbonyl (C=O) groups is 1. The second kappa shape index (κ2) is 9.56. The van der Waals surface area contributed by atoms with Crippen molar-refractivity contribution in [1.82, 2.24) is 15.1 Å². The molecule has 1 amide bonds. The summed E-state index contributed by atoms with van der Waals surface area (Å²) in [5.41, 5.74) is 2.13. The third-order valence-corrected chi connectivity index (χ3v) is 5.51. The third kappa shape index (κ3) is 5.94. The molecular formula is C21H25Cl2N3O. The molecule has 0 aromatic heterocycles. The number of piperazine rings is 1. The van der Waals surface area contributed by atoms with Gasteiger partial charge in [-0.3, -0.25) is 9.69 Å². The molecule has 0 bridgehead atoms. The monoisotopic (exact) mass is 405 g/mol. The summed E-state index contributed by atoms with van der Waals surface area (Å²) >= 11 is 12.0. The van der Waals surface area contributed by atoms with Crippen LogP contribution in [-0.2, 0) is 11.2 Å². The Morgan fingerprint density at radius 1 is 0.963 bits per heavy atom. The normalized spacial score (nSPS) is 16.9. The lowest BCUT2D eigenvalue weighted by atomic mass is 10.0. The van der Waals surface area contributed by atoms with Crippen molar-refractivity contribution in [3.63, 3.8) is 0 Å². The van der Waals surface area contributed by atoms with Crippen molar-refractivity contribution in [3.8, 4) is 0 Å². The molecule has 0 unspecified atom stereocenters. The maximum Gasteiger partial charge on any atom is 0.224 e. The molecule has 1 atom stereocenters. The zero-order chi connectivity index (χ0) is 19.2. The van der Waals surface area contributed by atoms with Gasteiger partial charge in [-0.05, 0) is 42.4 Å². The third-order valence-electron chi connectivity index (χ3n) is 5.00. The first kappa shape index (κ1) is 20.2. The Morgan fingerprint density at radius 2 is 1.52 bits per heavy atom. The number of amides is 1. The molecule has 1 heterocycles.